The van der Waals surface area contributed by atoms with Gasteiger partial charge >= 0.3 is 0 Å². The van der Waals surface area contributed by atoms with E-state index in [1.807, 2.05) is 0 Å². The molecule has 5 nitrogen and oxygen atoms in total. The number of rotatable bonds is 8. The summed E-state index contributed by atoms with van der Waals surface area (Å²) in [4.78, 5) is 4.30. The van der Waals surface area contributed by atoms with Gasteiger partial charge in [-0.2, -0.15) is 4.98 Å². The molecule has 3 rings (SSSR count). The van der Waals surface area contributed by atoms with Crippen LogP contribution in [0.1, 0.15) is 11.1 Å². The Hall–Kier alpha value is -3.73. The Bertz CT molecular complexity index is 921. The molecule has 0 saturated carbocycles. The molecule has 3 aromatic rings. The van der Waals surface area contributed by atoms with Crippen molar-refractivity contribution >= 4 is 0 Å². The summed E-state index contributed by atoms with van der Waals surface area (Å²) < 4.78 is 11.4. The van der Waals surface area contributed by atoms with E-state index in [9.17, 15) is 10.2 Å². The standard InChI is InChI=1S/C23H21NO4/c1-3-6-16-10-12-18(14-20(16)25)27-22-8-5-9-23(24-22)28-19-13-11-17(7-4-2)21(26)15-19/h3-5,8-15,25-26H,1-2,6-7H2. The van der Waals surface area contributed by atoms with Gasteiger partial charge in [0.05, 0.1) is 0 Å². The molecule has 2 aromatic carbocycles. The van der Waals surface area contributed by atoms with Gasteiger partial charge in [-0.25, -0.2) is 0 Å². The SMILES string of the molecule is C=CCc1ccc(Oc2cccc(Oc3ccc(CC=C)c(O)c3)n2)cc1O. The topological polar surface area (TPSA) is 71.8 Å². The van der Waals surface area contributed by atoms with Gasteiger partial charge in [0.25, 0.3) is 0 Å². The number of phenols is 2. The molecule has 0 saturated heterocycles. The van der Waals surface area contributed by atoms with E-state index in [4.69, 9.17) is 9.47 Å². The largest absolute Gasteiger partial charge is 0.508 e. The second kappa shape index (κ2) is 8.77. The minimum absolute atomic E-state index is 0.139. The Balaban J connectivity index is 1.74. The molecule has 1 heterocycles. The molecule has 0 aliphatic carbocycles. The predicted octanol–water partition coefficient (Wildman–Crippen LogP) is 5.53. The van der Waals surface area contributed by atoms with Crippen LogP contribution in [-0.2, 0) is 12.8 Å². The van der Waals surface area contributed by atoms with Crippen molar-refractivity contribution in [3.8, 4) is 34.8 Å². The highest BCUT2D eigenvalue weighted by molar-refractivity contribution is 5.43. The van der Waals surface area contributed by atoms with Gasteiger partial charge in [-0.1, -0.05) is 30.4 Å². The van der Waals surface area contributed by atoms with Crippen LogP contribution in [0.2, 0.25) is 0 Å². The molecule has 0 aliphatic rings. The van der Waals surface area contributed by atoms with Crippen LogP contribution >= 0.6 is 0 Å². The molecular weight excluding hydrogens is 354 g/mol. The highest BCUT2D eigenvalue weighted by Gasteiger charge is 2.07. The summed E-state index contributed by atoms with van der Waals surface area (Å²) in [5.74, 6) is 1.84. The first-order chi connectivity index (χ1) is 13.6. The van der Waals surface area contributed by atoms with Crippen molar-refractivity contribution < 1.29 is 19.7 Å². The van der Waals surface area contributed by atoms with Gasteiger partial charge in [0, 0.05) is 24.3 Å². The van der Waals surface area contributed by atoms with Crippen molar-refractivity contribution in [2.45, 2.75) is 12.8 Å². The second-order valence-electron chi connectivity index (χ2n) is 6.08. The number of ether oxygens (including phenoxy) is 2. The summed E-state index contributed by atoms with van der Waals surface area (Å²) in [6.45, 7) is 7.33. The van der Waals surface area contributed by atoms with Crippen molar-refractivity contribution in [3.63, 3.8) is 0 Å². The Labute approximate surface area is 163 Å². The Morgan fingerprint density at radius 2 is 1.21 bits per heavy atom. The lowest BCUT2D eigenvalue weighted by atomic mass is 10.1. The van der Waals surface area contributed by atoms with E-state index in [1.54, 1.807) is 54.6 Å². The van der Waals surface area contributed by atoms with E-state index in [0.29, 0.717) is 36.1 Å². The van der Waals surface area contributed by atoms with E-state index in [2.05, 4.69) is 18.1 Å². The summed E-state index contributed by atoms with van der Waals surface area (Å²) in [6, 6.07) is 15.2. The number of aromatic hydroxyl groups is 2. The van der Waals surface area contributed by atoms with Gasteiger partial charge in [-0.05, 0) is 36.1 Å². The van der Waals surface area contributed by atoms with Crippen molar-refractivity contribution in [1.82, 2.24) is 4.98 Å². The van der Waals surface area contributed by atoms with Gasteiger partial charge in [0.2, 0.25) is 11.8 Å². The molecule has 2 N–H and O–H groups in total. The van der Waals surface area contributed by atoms with Crippen LogP contribution in [0.15, 0.2) is 79.9 Å². The molecule has 28 heavy (non-hydrogen) atoms. The molecule has 0 aliphatic heterocycles. The maximum atomic E-state index is 10.0. The fourth-order valence-corrected chi connectivity index (χ4v) is 2.62. The summed E-state index contributed by atoms with van der Waals surface area (Å²) in [5, 5.41) is 20.1. The molecule has 142 valence electrons. The van der Waals surface area contributed by atoms with Gasteiger partial charge in [0.1, 0.15) is 23.0 Å². The van der Waals surface area contributed by atoms with E-state index in [1.165, 1.54) is 12.1 Å². The minimum Gasteiger partial charge on any atom is -0.508 e. The molecular formula is C23H21NO4. The Kier molecular flexibility index (Phi) is 5.97. The summed E-state index contributed by atoms with van der Waals surface area (Å²) in [6.07, 6.45) is 4.59. The van der Waals surface area contributed by atoms with Crippen LogP contribution in [-0.4, -0.2) is 15.2 Å². The molecule has 0 unspecified atom stereocenters. The number of phenolic OH excluding ortho intramolecular Hbond substituents is 2. The van der Waals surface area contributed by atoms with E-state index >= 15 is 0 Å². The maximum absolute atomic E-state index is 10.0. The minimum atomic E-state index is 0.139. The quantitative estimate of drug-likeness (QED) is 0.506. The lowest BCUT2D eigenvalue weighted by molar-refractivity contribution is 0.417. The Morgan fingerprint density at radius 3 is 1.61 bits per heavy atom. The fraction of sp³-hybridized carbons (Fsp3) is 0.0870. The number of pyridine rings is 1. The van der Waals surface area contributed by atoms with Crippen LogP contribution in [0.4, 0.5) is 0 Å². The van der Waals surface area contributed by atoms with Crippen LogP contribution in [0.5, 0.6) is 34.8 Å². The van der Waals surface area contributed by atoms with Crippen LogP contribution in [0.3, 0.4) is 0 Å². The van der Waals surface area contributed by atoms with E-state index in [-0.39, 0.29) is 11.5 Å². The molecule has 0 atom stereocenters. The first-order valence-corrected chi connectivity index (χ1v) is 8.77. The lowest BCUT2D eigenvalue weighted by Crippen LogP contribution is -1.93. The third-order valence-corrected chi connectivity index (χ3v) is 3.98. The third-order valence-electron chi connectivity index (χ3n) is 3.98. The highest BCUT2D eigenvalue weighted by atomic mass is 16.5. The van der Waals surface area contributed by atoms with Crippen molar-refractivity contribution in [3.05, 3.63) is 91.0 Å². The van der Waals surface area contributed by atoms with Crippen molar-refractivity contribution in [1.29, 1.82) is 0 Å². The summed E-state index contributed by atoms with van der Waals surface area (Å²) >= 11 is 0. The number of aromatic nitrogens is 1. The number of nitrogens with zero attached hydrogens (tertiary/aromatic N) is 1. The number of benzene rings is 2. The maximum Gasteiger partial charge on any atom is 0.222 e. The fourth-order valence-electron chi connectivity index (χ4n) is 2.62. The zero-order valence-corrected chi connectivity index (χ0v) is 15.3. The second-order valence-corrected chi connectivity index (χ2v) is 6.08. The average molecular weight is 375 g/mol. The molecule has 0 amide bonds. The summed E-state index contributed by atoms with van der Waals surface area (Å²) in [5.41, 5.74) is 1.54. The van der Waals surface area contributed by atoms with Crippen molar-refractivity contribution in [2.75, 3.05) is 0 Å². The number of hydrogen-bond donors (Lipinski definition) is 2. The van der Waals surface area contributed by atoms with Crippen LogP contribution < -0.4 is 9.47 Å². The van der Waals surface area contributed by atoms with Gasteiger partial charge in [-0.3, -0.25) is 0 Å². The number of allylic oxidation sites excluding steroid dienone is 2. The molecule has 0 spiro atoms. The monoisotopic (exact) mass is 375 g/mol. The average Bonchev–Trinajstić information content (AvgIpc) is 2.67. The van der Waals surface area contributed by atoms with Crippen LogP contribution in [0.25, 0.3) is 0 Å². The lowest BCUT2D eigenvalue weighted by Gasteiger charge is -2.10. The predicted molar refractivity (Wildman–Crippen MR) is 108 cm³/mol. The summed E-state index contributed by atoms with van der Waals surface area (Å²) in [7, 11) is 0. The Morgan fingerprint density at radius 1 is 0.750 bits per heavy atom. The molecule has 5 heteroatoms. The normalized spacial score (nSPS) is 10.3. The molecule has 1 aromatic heterocycles. The molecule has 0 radical (unpaired) electrons. The smallest absolute Gasteiger partial charge is 0.222 e. The zero-order valence-electron chi connectivity index (χ0n) is 15.3. The van der Waals surface area contributed by atoms with Gasteiger partial charge in [0.15, 0.2) is 0 Å². The third kappa shape index (κ3) is 4.71. The molecule has 0 fully saturated rings. The van der Waals surface area contributed by atoms with Gasteiger partial charge < -0.3 is 19.7 Å². The van der Waals surface area contributed by atoms with E-state index < -0.39 is 0 Å². The molecule has 0 bridgehead atoms. The van der Waals surface area contributed by atoms with Crippen LogP contribution in [0, 0.1) is 0 Å². The zero-order chi connectivity index (χ0) is 19.9. The number of hydrogen-bond acceptors (Lipinski definition) is 5. The highest BCUT2D eigenvalue weighted by Crippen LogP contribution is 2.30. The van der Waals surface area contributed by atoms with Gasteiger partial charge in [-0.15, -0.1) is 13.2 Å². The van der Waals surface area contributed by atoms with E-state index in [0.717, 1.165) is 11.1 Å². The first-order valence-electron chi connectivity index (χ1n) is 8.77. The van der Waals surface area contributed by atoms with Crippen molar-refractivity contribution in [2.24, 2.45) is 0 Å². The first kappa shape index (κ1) is 19.0.